The first-order valence-corrected chi connectivity index (χ1v) is 13.9. The van der Waals surface area contributed by atoms with Crippen molar-refractivity contribution in [1.82, 2.24) is 0 Å². The molecular formula is C29H34N2O8. The summed E-state index contributed by atoms with van der Waals surface area (Å²) < 4.78 is 30.3. The molecule has 208 valence electrons. The molecule has 9 atom stereocenters. The number of nitrogens with one attached hydrogen (secondary N) is 1. The zero-order valence-corrected chi connectivity index (χ0v) is 22.5. The van der Waals surface area contributed by atoms with E-state index in [4.69, 9.17) is 29.4 Å². The lowest BCUT2D eigenvalue weighted by molar-refractivity contribution is -0.159. The number of methoxy groups -OCH3 is 1. The number of fused-ring (bicyclic) bond motifs is 4. The number of hydrogen-bond donors (Lipinski definition) is 3. The summed E-state index contributed by atoms with van der Waals surface area (Å²) in [6.07, 6.45) is 1.38. The van der Waals surface area contributed by atoms with Gasteiger partial charge in [0.15, 0.2) is 5.60 Å². The van der Waals surface area contributed by atoms with Crippen molar-refractivity contribution in [1.29, 1.82) is 0 Å². The van der Waals surface area contributed by atoms with Crippen LogP contribution in [0.1, 0.15) is 50.4 Å². The number of cyclic esters (lactones) is 1. The van der Waals surface area contributed by atoms with Crippen LogP contribution in [0.2, 0.25) is 0 Å². The van der Waals surface area contributed by atoms with Crippen LogP contribution in [0.15, 0.2) is 29.3 Å². The van der Waals surface area contributed by atoms with Crippen molar-refractivity contribution >= 4 is 23.3 Å². The van der Waals surface area contributed by atoms with Crippen LogP contribution in [0, 0.1) is 17.3 Å². The average Bonchev–Trinajstić information content (AvgIpc) is 3.80. The van der Waals surface area contributed by atoms with E-state index >= 15 is 0 Å². The Hall–Kier alpha value is -2.66. The Balaban J connectivity index is 1.21. The molecule has 7 aliphatic rings. The molecule has 10 nitrogen and oxygen atoms in total. The first kappa shape index (κ1) is 24.2. The van der Waals surface area contributed by atoms with Crippen LogP contribution >= 0.6 is 0 Å². The first-order valence-electron chi connectivity index (χ1n) is 13.9. The summed E-state index contributed by atoms with van der Waals surface area (Å²) in [5.41, 5.74) is 4.98. The molecule has 4 heterocycles. The quantitative estimate of drug-likeness (QED) is 0.289. The largest absolute Gasteiger partial charge is 0.465 e. The van der Waals surface area contributed by atoms with Crippen molar-refractivity contribution in [2.45, 2.75) is 80.7 Å². The number of anilines is 2. The van der Waals surface area contributed by atoms with Crippen molar-refractivity contribution in [3.05, 3.63) is 34.9 Å². The van der Waals surface area contributed by atoms with Crippen LogP contribution in [-0.2, 0) is 28.5 Å². The van der Waals surface area contributed by atoms with Crippen LogP contribution in [0.4, 0.5) is 11.4 Å². The molecule has 1 aromatic rings. The molecule has 4 aliphatic heterocycles. The fourth-order valence-electron chi connectivity index (χ4n) is 9.57. The third kappa shape index (κ3) is 2.42. The number of carbonyl (C=O) groups is 2. The van der Waals surface area contributed by atoms with Gasteiger partial charge in [-0.05, 0) is 54.9 Å². The number of epoxide rings is 3. The van der Waals surface area contributed by atoms with E-state index in [2.05, 4.69) is 26.1 Å². The van der Waals surface area contributed by atoms with Gasteiger partial charge >= 0.3 is 11.9 Å². The topological polar surface area (TPSA) is 148 Å². The van der Waals surface area contributed by atoms with Crippen LogP contribution in [0.5, 0.6) is 0 Å². The third-order valence-corrected chi connectivity index (χ3v) is 11.3. The molecule has 3 aliphatic carbocycles. The molecule has 39 heavy (non-hydrogen) atoms. The van der Waals surface area contributed by atoms with Crippen LogP contribution in [-0.4, -0.2) is 78.0 Å². The van der Waals surface area contributed by atoms with Gasteiger partial charge in [0.05, 0.1) is 18.8 Å². The molecule has 0 unspecified atom stereocenters. The summed E-state index contributed by atoms with van der Waals surface area (Å²) in [4.78, 5) is 24.6. The Morgan fingerprint density at radius 1 is 1.21 bits per heavy atom. The number of rotatable bonds is 5. The summed E-state index contributed by atoms with van der Waals surface area (Å²) in [7, 11) is 1.32. The fraction of sp³-hybridized carbons (Fsp3) is 0.655. The van der Waals surface area contributed by atoms with Gasteiger partial charge in [0.1, 0.15) is 35.6 Å². The zero-order valence-electron chi connectivity index (χ0n) is 22.5. The SMILES string of the molecule is COC(=O)c1cc(N)cc(NC[C@@]2(O)[C@]34O[C@H]3C[C@H]3C5=C(CC[C@]3(C)[C@@]43O[C@H]3[C@@H]3O[C@@]32C(C)C)C(=O)OC5)c1. The van der Waals surface area contributed by atoms with E-state index in [0.717, 1.165) is 17.6 Å². The van der Waals surface area contributed by atoms with Crippen molar-refractivity contribution in [2.24, 2.45) is 17.3 Å². The van der Waals surface area contributed by atoms with Gasteiger partial charge in [-0.1, -0.05) is 20.8 Å². The zero-order chi connectivity index (χ0) is 27.3. The Morgan fingerprint density at radius 2 is 2.00 bits per heavy atom. The van der Waals surface area contributed by atoms with E-state index in [1.165, 1.54) is 7.11 Å². The Labute approximate surface area is 226 Å². The minimum Gasteiger partial charge on any atom is -0.465 e. The molecule has 10 heteroatoms. The van der Waals surface area contributed by atoms with E-state index in [0.29, 0.717) is 36.4 Å². The lowest BCUT2D eigenvalue weighted by Gasteiger charge is -2.56. The summed E-state index contributed by atoms with van der Waals surface area (Å²) in [5, 5.41) is 16.3. The van der Waals surface area contributed by atoms with E-state index in [1.54, 1.807) is 18.2 Å². The van der Waals surface area contributed by atoms with E-state index in [1.807, 2.05) is 0 Å². The molecule has 0 amide bonds. The van der Waals surface area contributed by atoms with Crippen molar-refractivity contribution in [3.63, 3.8) is 0 Å². The molecular weight excluding hydrogens is 504 g/mol. The molecule has 0 radical (unpaired) electrons. The van der Waals surface area contributed by atoms with Gasteiger partial charge < -0.3 is 39.8 Å². The summed E-state index contributed by atoms with van der Waals surface area (Å²) in [5.74, 6) is -0.616. The molecule has 5 fully saturated rings. The maximum atomic E-state index is 13.0. The van der Waals surface area contributed by atoms with Crippen molar-refractivity contribution < 1.29 is 38.4 Å². The van der Waals surface area contributed by atoms with Crippen LogP contribution in [0.3, 0.4) is 0 Å². The number of aliphatic hydroxyl groups is 1. The van der Waals surface area contributed by atoms with Gasteiger partial charge in [0.25, 0.3) is 0 Å². The van der Waals surface area contributed by atoms with E-state index < -0.39 is 28.4 Å². The lowest BCUT2D eigenvalue weighted by Crippen LogP contribution is -2.77. The summed E-state index contributed by atoms with van der Waals surface area (Å²) in [6, 6.07) is 4.95. The highest BCUT2D eigenvalue weighted by Crippen LogP contribution is 2.85. The van der Waals surface area contributed by atoms with Gasteiger partial charge in [-0.3, -0.25) is 0 Å². The second kappa shape index (κ2) is 6.97. The number of ether oxygens (including phenoxy) is 5. The van der Waals surface area contributed by atoms with E-state index in [-0.39, 0.29) is 48.1 Å². The lowest BCUT2D eigenvalue weighted by atomic mass is 9.44. The van der Waals surface area contributed by atoms with Crippen LogP contribution < -0.4 is 11.1 Å². The molecule has 1 aromatic carbocycles. The normalized spacial score (nSPS) is 47.6. The van der Waals surface area contributed by atoms with Crippen molar-refractivity contribution in [2.75, 3.05) is 31.3 Å². The first-order chi connectivity index (χ1) is 18.5. The predicted molar refractivity (Wildman–Crippen MR) is 137 cm³/mol. The summed E-state index contributed by atoms with van der Waals surface area (Å²) in [6.45, 7) is 6.82. The molecule has 8 rings (SSSR count). The number of hydrogen-bond acceptors (Lipinski definition) is 10. The maximum Gasteiger partial charge on any atom is 0.337 e. The number of nitrogens with two attached hydrogens (primary N) is 1. The molecule has 4 N–H and O–H groups in total. The minimum absolute atomic E-state index is 0.00533. The number of nitrogen functional groups attached to an aromatic ring is 1. The predicted octanol–water partition coefficient (Wildman–Crippen LogP) is 1.95. The van der Waals surface area contributed by atoms with Gasteiger partial charge in [-0.25, -0.2) is 9.59 Å². The van der Waals surface area contributed by atoms with Gasteiger partial charge in [0.2, 0.25) is 0 Å². The third-order valence-electron chi connectivity index (χ3n) is 11.3. The summed E-state index contributed by atoms with van der Waals surface area (Å²) >= 11 is 0. The highest BCUT2D eigenvalue weighted by atomic mass is 16.7. The Morgan fingerprint density at radius 3 is 2.74 bits per heavy atom. The maximum absolute atomic E-state index is 13.0. The second-order valence-electron chi connectivity index (χ2n) is 12.9. The monoisotopic (exact) mass is 538 g/mol. The van der Waals surface area contributed by atoms with Gasteiger partial charge in [-0.2, -0.15) is 0 Å². The van der Waals surface area contributed by atoms with Crippen LogP contribution in [0.25, 0.3) is 0 Å². The molecule has 3 saturated heterocycles. The molecule has 2 spiro atoms. The molecule has 0 aromatic heterocycles. The highest BCUT2D eigenvalue weighted by Gasteiger charge is 3.04. The number of carbonyl (C=O) groups excluding carboxylic acids is 2. The highest BCUT2D eigenvalue weighted by molar-refractivity contribution is 5.92. The number of esters is 2. The van der Waals surface area contributed by atoms with Gasteiger partial charge in [0, 0.05) is 28.9 Å². The number of benzene rings is 1. The standard InChI is InChI=1S/C29H34N2O8/c1-13(2)27-21(38-27)22-29(39-22)25(3)6-5-17-18(11-36-24(17)33)19(25)10-20-28(29,37-20)26(27,34)12-31-16-8-14(23(32)35-4)7-15(30)9-16/h7-9,13,19-22,31,34H,5-6,10-12,30H2,1-4H3/t19-,20-,21-,22-,25-,26-,27-,28+,29+/m0/s1. The Kier molecular flexibility index (Phi) is 4.32. The molecule has 2 saturated carbocycles. The minimum atomic E-state index is -1.43. The van der Waals surface area contributed by atoms with Gasteiger partial charge in [-0.15, -0.1) is 0 Å². The van der Waals surface area contributed by atoms with Crippen molar-refractivity contribution in [3.8, 4) is 0 Å². The molecule has 0 bridgehead atoms. The van der Waals surface area contributed by atoms with E-state index in [9.17, 15) is 14.7 Å². The fourth-order valence-corrected chi connectivity index (χ4v) is 9.57. The Bertz CT molecular complexity index is 1390. The average molecular weight is 539 g/mol. The second-order valence-corrected chi connectivity index (χ2v) is 12.9. The smallest absolute Gasteiger partial charge is 0.337 e.